The molecule has 1 aliphatic rings. The summed E-state index contributed by atoms with van der Waals surface area (Å²) >= 11 is 1.49. The summed E-state index contributed by atoms with van der Waals surface area (Å²) < 4.78 is 18.4. The molecule has 0 aromatic heterocycles. The Morgan fingerprint density at radius 2 is 2.19 bits per heavy atom. The van der Waals surface area contributed by atoms with Crippen LogP contribution in [0.1, 0.15) is 32.6 Å². The second-order valence-corrected chi connectivity index (χ2v) is 6.76. The maximum absolute atomic E-state index is 13.5. The minimum absolute atomic E-state index is 0.186. The molecule has 1 aromatic carbocycles. The average Bonchev–Trinajstić information content (AvgIpc) is 3.28. The van der Waals surface area contributed by atoms with Crippen LogP contribution in [0.25, 0.3) is 0 Å². The molecule has 1 aliphatic carbocycles. The first kappa shape index (κ1) is 16.3. The second-order valence-electron chi connectivity index (χ2n) is 5.62. The number of carbonyl (C=O) groups excluding carboxylic acids is 1. The van der Waals surface area contributed by atoms with Crippen LogP contribution in [0, 0.1) is 5.82 Å². The second kappa shape index (κ2) is 7.27. The maximum atomic E-state index is 13.5. The quantitative estimate of drug-likeness (QED) is 0.454. The van der Waals surface area contributed by atoms with E-state index in [-0.39, 0.29) is 11.8 Å². The maximum Gasteiger partial charge on any atom is 0.325 e. The van der Waals surface area contributed by atoms with Crippen LogP contribution in [-0.2, 0) is 9.53 Å². The number of hydrogen-bond acceptors (Lipinski definition) is 4. The summed E-state index contributed by atoms with van der Waals surface area (Å²) in [4.78, 5) is 12.6. The van der Waals surface area contributed by atoms with E-state index in [0.29, 0.717) is 17.4 Å². The molecule has 0 bridgehead atoms. The Bertz CT molecular complexity index is 493. The van der Waals surface area contributed by atoms with Crippen molar-refractivity contribution in [3.8, 4) is 0 Å². The van der Waals surface area contributed by atoms with Gasteiger partial charge in [0.25, 0.3) is 0 Å². The summed E-state index contributed by atoms with van der Waals surface area (Å²) in [5.41, 5.74) is -0.633. The Hall–Kier alpha value is -1.07. The van der Waals surface area contributed by atoms with E-state index < -0.39 is 5.54 Å². The summed E-state index contributed by atoms with van der Waals surface area (Å²) in [5.74, 6) is 0.375. The Labute approximate surface area is 129 Å². The van der Waals surface area contributed by atoms with Gasteiger partial charge in [-0.3, -0.25) is 10.1 Å². The van der Waals surface area contributed by atoms with Crippen molar-refractivity contribution in [1.29, 1.82) is 0 Å². The topological polar surface area (TPSA) is 38.3 Å². The zero-order valence-electron chi connectivity index (χ0n) is 12.5. The average molecular weight is 311 g/mol. The smallest absolute Gasteiger partial charge is 0.325 e. The van der Waals surface area contributed by atoms with Crippen molar-refractivity contribution in [2.45, 2.75) is 49.1 Å². The first-order valence-electron chi connectivity index (χ1n) is 7.28. The standard InChI is InChI=1S/C16H22FNO2S/c1-16(15(19)20-2,18-12-8-9-12)10-5-11-21-14-7-4-3-6-13(14)17/h3-4,6-7,12,18H,5,8-11H2,1-2H3. The van der Waals surface area contributed by atoms with Crippen LogP contribution in [-0.4, -0.2) is 30.4 Å². The number of benzene rings is 1. The molecule has 3 nitrogen and oxygen atoms in total. The third-order valence-corrected chi connectivity index (χ3v) is 4.79. The summed E-state index contributed by atoms with van der Waals surface area (Å²) in [6, 6.07) is 7.21. The van der Waals surface area contributed by atoms with E-state index in [1.54, 1.807) is 12.1 Å². The third kappa shape index (κ3) is 4.71. The minimum Gasteiger partial charge on any atom is -0.468 e. The van der Waals surface area contributed by atoms with E-state index in [0.717, 1.165) is 25.0 Å². The molecule has 1 fully saturated rings. The van der Waals surface area contributed by atoms with E-state index in [4.69, 9.17) is 4.74 Å². The molecular weight excluding hydrogens is 289 g/mol. The molecular formula is C16H22FNO2S. The molecule has 0 spiro atoms. The van der Waals surface area contributed by atoms with E-state index in [9.17, 15) is 9.18 Å². The van der Waals surface area contributed by atoms with Crippen molar-refractivity contribution >= 4 is 17.7 Å². The van der Waals surface area contributed by atoms with Crippen molar-refractivity contribution in [1.82, 2.24) is 5.32 Å². The molecule has 1 atom stereocenters. The van der Waals surface area contributed by atoms with Crippen molar-refractivity contribution in [3.05, 3.63) is 30.1 Å². The normalized spacial score (nSPS) is 17.3. The molecule has 2 rings (SSSR count). The lowest BCUT2D eigenvalue weighted by Crippen LogP contribution is -2.51. The van der Waals surface area contributed by atoms with Crippen molar-refractivity contribution in [2.75, 3.05) is 12.9 Å². The molecule has 5 heteroatoms. The zero-order chi connectivity index (χ0) is 15.3. The van der Waals surface area contributed by atoms with Gasteiger partial charge in [0.1, 0.15) is 11.4 Å². The summed E-state index contributed by atoms with van der Waals surface area (Å²) in [7, 11) is 1.42. The number of ether oxygens (including phenoxy) is 1. The molecule has 21 heavy (non-hydrogen) atoms. The van der Waals surface area contributed by atoms with Crippen LogP contribution < -0.4 is 5.32 Å². The van der Waals surface area contributed by atoms with E-state index in [2.05, 4.69) is 5.32 Å². The molecule has 0 aliphatic heterocycles. The van der Waals surface area contributed by atoms with E-state index >= 15 is 0 Å². The van der Waals surface area contributed by atoms with Gasteiger partial charge in [0, 0.05) is 10.9 Å². The lowest BCUT2D eigenvalue weighted by molar-refractivity contribution is -0.148. The highest BCUT2D eigenvalue weighted by Gasteiger charge is 2.38. The first-order valence-corrected chi connectivity index (χ1v) is 8.27. The summed E-state index contributed by atoms with van der Waals surface area (Å²) in [6.07, 6.45) is 3.76. The number of halogens is 1. The van der Waals surface area contributed by atoms with Crippen LogP contribution in [0.15, 0.2) is 29.2 Å². The molecule has 1 N–H and O–H groups in total. The molecule has 1 aromatic rings. The predicted octanol–water partition coefficient (Wildman–Crippen LogP) is 3.38. The lowest BCUT2D eigenvalue weighted by Gasteiger charge is -2.28. The molecule has 0 amide bonds. The van der Waals surface area contributed by atoms with Crippen molar-refractivity contribution < 1.29 is 13.9 Å². The van der Waals surface area contributed by atoms with Crippen LogP contribution >= 0.6 is 11.8 Å². The largest absolute Gasteiger partial charge is 0.468 e. The van der Waals surface area contributed by atoms with Crippen molar-refractivity contribution in [2.24, 2.45) is 0 Å². The summed E-state index contributed by atoms with van der Waals surface area (Å²) in [5, 5.41) is 3.37. The van der Waals surface area contributed by atoms with Crippen LogP contribution in [0.5, 0.6) is 0 Å². The van der Waals surface area contributed by atoms with Gasteiger partial charge in [0.2, 0.25) is 0 Å². The van der Waals surface area contributed by atoms with E-state index in [1.165, 1.54) is 24.9 Å². The minimum atomic E-state index is -0.633. The Balaban J connectivity index is 1.81. The third-order valence-electron chi connectivity index (χ3n) is 3.65. The lowest BCUT2D eigenvalue weighted by atomic mass is 9.96. The van der Waals surface area contributed by atoms with Crippen molar-refractivity contribution in [3.63, 3.8) is 0 Å². The fourth-order valence-electron chi connectivity index (χ4n) is 2.31. The molecule has 0 radical (unpaired) electrons. The SMILES string of the molecule is COC(=O)C(C)(CCCSc1ccccc1F)NC1CC1. The highest BCUT2D eigenvalue weighted by molar-refractivity contribution is 7.99. The van der Waals surface area contributed by atoms with Gasteiger partial charge in [-0.1, -0.05) is 12.1 Å². The molecule has 116 valence electrons. The number of carbonyl (C=O) groups is 1. The Morgan fingerprint density at radius 1 is 1.48 bits per heavy atom. The van der Waals surface area contributed by atoms with Gasteiger partial charge in [-0.2, -0.15) is 0 Å². The number of hydrogen-bond donors (Lipinski definition) is 1. The molecule has 0 heterocycles. The van der Waals surface area contributed by atoms with Gasteiger partial charge in [-0.05, 0) is 50.5 Å². The van der Waals surface area contributed by atoms with Gasteiger partial charge < -0.3 is 4.74 Å². The fraction of sp³-hybridized carbons (Fsp3) is 0.562. The fourth-order valence-corrected chi connectivity index (χ4v) is 3.20. The van der Waals surface area contributed by atoms with Crippen LogP contribution in [0.4, 0.5) is 4.39 Å². The number of thioether (sulfide) groups is 1. The Morgan fingerprint density at radius 3 is 2.81 bits per heavy atom. The highest BCUT2D eigenvalue weighted by atomic mass is 32.2. The van der Waals surface area contributed by atoms with Crippen LogP contribution in [0.2, 0.25) is 0 Å². The number of rotatable bonds is 8. The summed E-state index contributed by atoms with van der Waals surface area (Å²) in [6.45, 7) is 1.89. The van der Waals surface area contributed by atoms with Gasteiger partial charge >= 0.3 is 5.97 Å². The number of nitrogens with one attached hydrogen (secondary N) is 1. The number of esters is 1. The highest BCUT2D eigenvalue weighted by Crippen LogP contribution is 2.27. The monoisotopic (exact) mass is 311 g/mol. The predicted molar refractivity (Wildman–Crippen MR) is 82.9 cm³/mol. The molecule has 1 unspecified atom stereocenters. The van der Waals surface area contributed by atoms with Gasteiger partial charge in [0.15, 0.2) is 0 Å². The molecule has 1 saturated carbocycles. The molecule has 0 saturated heterocycles. The van der Waals surface area contributed by atoms with Gasteiger partial charge in [-0.25, -0.2) is 4.39 Å². The Kier molecular flexibility index (Phi) is 5.65. The first-order chi connectivity index (χ1) is 10.0. The zero-order valence-corrected chi connectivity index (χ0v) is 13.3. The number of methoxy groups -OCH3 is 1. The van der Waals surface area contributed by atoms with Gasteiger partial charge in [-0.15, -0.1) is 11.8 Å². The van der Waals surface area contributed by atoms with Gasteiger partial charge in [0.05, 0.1) is 7.11 Å². The van der Waals surface area contributed by atoms with E-state index in [1.807, 2.05) is 13.0 Å². The van der Waals surface area contributed by atoms with Crippen LogP contribution in [0.3, 0.4) is 0 Å².